The average molecular weight is 235 g/mol. The number of nitrogens with zero attached hydrogens (tertiary/aromatic N) is 3. The van der Waals surface area contributed by atoms with Crippen LogP contribution in [0.1, 0.15) is 13.8 Å². The Morgan fingerprint density at radius 3 is 2.06 bits per heavy atom. The highest BCUT2D eigenvalue weighted by Crippen LogP contribution is 2.02. The lowest BCUT2D eigenvalue weighted by Crippen LogP contribution is -2.27. The second-order valence-corrected chi connectivity index (χ2v) is 3.69. The van der Waals surface area contributed by atoms with Crippen molar-refractivity contribution in [1.82, 2.24) is 9.80 Å². The van der Waals surface area contributed by atoms with Crippen molar-refractivity contribution in [3.8, 4) is 6.07 Å². The SMILES string of the molecule is C=C(C#N)/C=C\C(=C)N(C)CCN(C)C.CC. The molecule has 3 nitrogen and oxygen atoms in total. The lowest BCUT2D eigenvalue weighted by atomic mass is 10.2. The van der Waals surface area contributed by atoms with Crippen LogP contribution in [0, 0.1) is 11.3 Å². The van der Waals surface area contributed by atoms with Crippen LogP contribution in [-0.4, -0.2) is 44.0 Å². The Balaban J connectivity index is 0. The number of hydrogen-bond donors (Lipinski definition) is 0. The highest BCUT2D eigenvalue weighted by atomic mass is 15.2. The van der Waals surface area contributed by atoms with Crippen LogP contribution in [-0.2, 0) is 0 Å². The number of allylic oxidation sites excluding steroid dienone is 3. The largest absolute Gasteiger partial charge is 0.374 e. The molecule has 0 N–H and O–H groups in total. The first-order valence-corrected chi connectivity index (χ1v) is 5.79. The normalized spacial score (nSPS) is 9.47. The molecule has 0 bridgehead atoms. The molecule has 0 spiro atoms. The lowest BCUT2D eigenvalue weighted by Gasteiger charge is -2.21. The summed E-state index contributed by atoms with van der Waals surface area (Å²) < 4.78 is 0. The summed E-state index contributed by atoms with van der Waals surface area (Å²) >= 11 is 0. The Morgan fingerprint density at radius 1 is 1.12 bits per heavy atom. The Kier molecular flexibility index (Phi) is 11.5. The zero-order valence-corrected chi connectivity index (χ0v) is 11.8. The van der Waals surface area contributed by atoms with Crippen LogP contribution >= 0.6 is 0 Å². The molecule has 0 aromatic carbocycles. The number of likely N-dealkylation sites (N-methyl/N-ethyl adjacent to an activating group) is 2. The van der Waals surface area contributed by atoms with E-state index in [4.69, 9.17) is 5.26 Å². The van der Waals surface area contributed by atoms with Crippen LogP contribution < -0.4 is 0 Å². The van der Waals surface area contributed by atoms with Crippen molar-refractivity contribution >= 4 is 0 Å². The molecule has 0 aliphatic carbocycles. The second-order valence-electron chi connectivity index (χ2n) is 3.69. The molecule has 0 atom stereocenters. The number of rotatable bonds is 6. The molecule has 0 saturated carbocycles. The van der Waals surface area contributed by atoms with Crippen LogP contribution in [0.3, 0.4) is 0 Å². The van der Waals surface area contributed by atoms with E-state index in [0.29, 0.717) is 5.57 Å². The van der Waals surface area contributed by atoms with Gasteiger partial charge in [0.25, 0.3) is 0 Å². The molecule has 0 unspecified atom stereocenters. The van der Waals surface area contributed by atoms with Crippen LogP contribution in [0.15, 0.2) is 36.6 Å². The first-order valence-electron chi connectivity index (χ1n) is 5.79. The van der Waals surface area contributed by atoms with Crippen LogP contribution in [0.2, 0.25) is 0 Å². The number of nitriles is 1. The molecule has 96 valence electrons. The van der Waals surface area contributed by atoms with Crippen LogP contribution in [0.4, 0.5) is 0 Å². The van der Waals surface area contributed by atoms with Gasteiger partial charge in [0.15, 0.2) is 0 Å². The van der Waals surface area contributed by atoms with E-state index in [1.54, 1.807) is 12.2 Å². The standard InChI is InChI=1S/C12H19N3.C2H6/c1-11(10-13)6-7-12(2)15(5)9-8-14(3)4;1-2/h6-7H,1-2,8-9H2,3-5H3;1-2H3/b7-6-;. The predicted octanol–water partition coefficient (Wildman–Crippen LogP) is 2.66. The van der Waals surface area contributed by atoms with Crippen molar-refractivity contribution in [2.24, 2.45) is 0 Å². The van der Waals surface area contributed by atoms with E-state index in [9.17, 15) is 0 Å². The summed E-state index contributed by atoms with van der Waals surface area (Å²) in [6.45, 7) is 13.4. The fourth-order valence-electron chi connectivity index (χ4n) is 0.855. The monoisotopic (exact) mass is 235 g/mol. The topological polar surface area (TPSA) is 30.3 Å². The Hall–Kier alpha value is -1.53. The van der Waals surface area contributed by atoms with Gasteiger partial charge in [-0.15, -0.1) is 0 Å². The highest BCUT2D eigenvalue weighted by molar-refractivity contribution is 5.33. The van der Waals surface area contributed by atoms with Crippen molar-refractivity contribution in [2.45, 2.75) is 13.8 Å². The van der Waals surface area contributed by atoms with Gasteiger partial charge >= 0.3 is 0 Å². The Morgan fingerprint density at radius 2 is 1.65 bits per heavy atom. The zero-order chi connectivity index (χ0) is 13.8. The van der Waals surface area contributed by atoms with Gasteiger partial charge in [-0.2, -0.15) is 5.26 Å². The van der Waals surface area contributed by atoms with E-state index in [0.717, 1.165) is 18.8 Å². The van der Waals surface area contributed by atoms with Crippen LogP contribution in [0.5, 0.6) is 0 Å². The van der Waals surface area contributed by atoms with Crippen LogP contribution in [0.25, 0.3) is 0 Å². The van der Waals surface area contributed by atoms with Crippen molar-refractivity contribution in [2.75, 3.05) is 34.2 Å². The van der Waals surface area contributed by atoms with E-state index in [1.165, 1.54) is 0 Å². The molecule has 0 aliphatic heterocycles. The molecule has 0 aromatic rings. The summed E-state index contributed by atoms with van der Waals surface area (Å²) in [7, 11) is 6.04. The summed E-state index contributed by atoms with van der Waals surface area (Å²) in [6, 6.07) is 1.96. The maximum absolute atomic E-state index is 8.51. The van der Waals surface area contributed by atoms with Crippen molar-refractivity contribution < 1.29 is 0 Å². The van der Waals surface area contributed by atoms with Crippen molar-refractivity contribution in [3.63, 3.8) is 0 Å². The first kappa shape index (κ1) is 17.9. The summed E-state index contributed by atoms with van der Waals surface area (Å²) in [5.41, 5.74) is 1.32. The Labute approximate surface area is 106 Å². The minimum Gasteiger partial charge on any atom is -0.374 e. The molecule has 0 amide bonds. The molecular weight excluding hydrogens is 210 g/mol. The molecule has 0 aliphatic rings. The van der Waals surface area contributed by atoms with Gasteiger partial charge in [0.2, 0.25) is 0 Å². The molecule has 3 heteroatoms. The smallest absolute Gasteiger partial charge is 0.0985 e. The average Bonchev–Trinajstić information content (AvgIpc) is 2.34. The maximum atomic E-state index is 8.51. The van der Waals surface area contributed by atoms with Gasteiger partial charge in [-0.25, -0.2) is 0 Å². The summed E-state index contributed by atoms with van der Waals surface area (Å²) in [5, 5.41) is 8.51. The summed E-state index contributed by atoms with van der Waals surface area (Å²) in [4.78, 5) is 4.16. The molecule has 0 heterocycles. The minimum atomic E-state index is 0.442. The molecule has 0 fully saturated rings. The molecular formula is C14H25N3. The third-order valence-electron chi connectivity index (χ3n) is 1.99. The fourth-order valence-corrected chi connectivity index (χ4v) is 0.855. The zero-order valence-electron chi connectivity index (χ0n) is 11.8. The van der Waals surface area contributed by atoms with E-state index in [-0.39, 0.29) is 0 Å². The van der Waals surface area contributed by atoms with Gasteiger partial charge in [-0.3, -0.25) is 0 Å². The quantitative estimate of drug-likeness (QED) is 0.524. The fraction of sp³-hybridized carbons (Fsp3) is 0.500. The van der Waals surface area contributed by atoms with Gasteiger partial charge in [-0.1, -0.05) is 27.0 Å². The maximum Gasteiger partial charge on any atom is 0.0985 e. The Bertz CT molecular complexity index is 295. The highest BCUT2D eigenvalue weighted by Gasteiger charge is 1.99. The third kappa shape index (κ3) is 10.7. The molecule has 0 radical (unpaired) electrons. The van der Waals surface area contributed by atoms with E-state index >= 15 is 0 Å². The third-order valence-corrected chi connectivity index (χ3v) is 1.99. The van der Waals surface area contributed by atoms with Gasteiger partial charge in [-0.05, 0) is 26.2 Å². The van der Waals surface area contributed by atoms with Crippen molar-refractivity contribution in [1.29, 1.82) is 5.26 Å². The van der Waals surface area contributed by atoms with Gasteiger partial charge in [0.05, 0.1) is 6.07 Å². The van der Waals surface area contributed by atoms with Gasteiger partial charge in [0, 0.05) is 31.4 Å². The van der Waals surface area contributed by atoms with E-state index < -0.39 is 0 Å². The molecule has 0 saturated heterocycles. The first-order chi connectivity index (χ1) is 7.97. The van der Waals surface area contributed by atoms with E-state index in [1.807, 2.05) is 46.0 Å². The molecule has 0 rings (SSSR count). The van der Waals surface area contributed by atoms with Gasteiger partial charge in [0.1, 0.15) is 0 Å². The van der Waals surface area contributed by atoms with Gasteiger partial charge < -0.3 is 9.80 Å². The number of hydrogen-bond acceptors (Lipinski definition) is 3. The summed E-state index contributed by atoms with van der Waals surface area (Å²) in [6.07, 6.45) is 3.48. The second kappa shape index (κ2) is 11.0. The van der Waals surface area contributed by atoms with E-state index in [2.05, 4.69) is 18.1 Å². The molecule has 0 aromatic heterocycles. The summed E-state index contributed by atoms with van der Waals surface area (Å²) in [5.74, 6) is 0. The van der Waals surface area contributed by atoms with Crippen molar-refractivity contribution in [3.05, 3.63) is 36.6 Å². The lowest BCUT2D eigenvalue weighted by molar-refractivity contribution is 0.331. The predicted molar refractivity (Wildman–Crippen MR) is 75.6 cm³/mol. The molecule has 17 heavy (non-hydrogen) atoms. The minimum absolute atomic E-state index is 0.442.